The molecule has 0 saturated heterocycles. The highest BCUT2D eigenvalue weighted by Crippen LogP contribution is 2.29. The molecule has 0 unspecified atom stereocenters. The van der Waals surface area contributed by atoms with E-state index in [0.29, 0.717) is 30.1 Å². The molecule has 0 saturated carbocycles. The number of rotatable bonds is 6. The fourth-order valence-corrected chi connectivity index (χ4v) is 1.75. The van der Waals surface area contributed by atoms with E-state index in [-0.39, 0.29) is 5.78 Å². The Labute approximate surface area is 119 Å². The van der Waals surface area contributed by atoms with Gasteiger partial charge in [0.25, 0.3) is 0 Å². The maximum atomic E-state index is 11.4. The molecular formula is C16H22O4. The number of Topliss-reactive ketones (excluding diaryl/α,β-unsaturated/α-hetero) is 1. The molecule has 0 aliphatic heterocycles. The Hall–Kier alpha value is -1.81. The number of ether oxygens (including phenoxy) is 2. The van der Waals surface area contributed by atoms with Crippen molar-refractivity contribution in [3.63, 3.8) is 0 Å². The van der Waals surface area contributed by atoms with Crippen molar-refractivity contribution >= 4 is 16.8 Å². The number of furan rings is 1. The molecule has 1 aromatic carbocycles. The fourth-order valence-electron chi connectivity index (χ4n) is 1.75. The summed E-state index contributed by atoms with van der Waals surface area (Å²) >= 11 is 0. The zero-order valence-electron chi connectivity index (χ0n) is 12.6. The van der Waals surface area contributed by atoms with Gasteiger partial charge < -0.3 is 13.9 Å². The number of hydrogen-bond acceptors (Lipinski definition) is 4. The first-order valence-corrected chi connectivity index (χ1v) is 6.86. The summed E-state index contributed by atoms with van der Waals surface area (Å²) in [5, 5.41) is 0.886. The monoisotopic (exact) mass is 278 g/mol. The smallest absolute Gasteiger partial charge is 0.160 e. The van der Waals surface area contributed by atoms with E-state index in [2.05, 4.69) is 0 Å². The molecule has 2 aromatic rings. The zero-order valence-corrected chi connectivity index (χ0v) is 12.6. The molecule has 4 heteroatoms. The van der Waals surface area contributed by atoms with Crippen LogP contribution >= 0.6 is 0 Å². The number of methoxy groups -OCH3 is 1. The van der Waals surface area contributed by atoms with Gasteiger partial charge in [0.1, 0.15) is 11.3 Å². The molecule has 0 atom stereocenters. The third-order valence-corrected chi connectivity index (χ3v) is 2.69. The van der Waals surface area contributed by atoms with Crippen LogP contribution in [0.3, 0.4) is 0 Å². The number of fused-ring (bicyclic) bond motifs is 1. The van der Waals surface area contributed by atoms with Crippen molar-refractivity contribution in [2.75, 3.05) is 20.3 Å². The Morgan fingerprint density at radius 3 is 2.65 bits per heavy atom. The van der Waals surface area contributed by atoms with Crippen LogP contribution in [0.4, 0.5) is 0 Å². The van der Waals surface area contributed by atoms with Crippen molar-refractivity contribution < 1.29 is 18.7 Å². The summed E-state index contributed by atoms with van der Waals surface area (Å²) in [6, 6.07) is 5.33. The number of benzene rings is 1. The summed E-state index contributed by atoms with van der Waals surface area (Å²) in [7, 11) is 1.66. The van der Waals surface area contributed by atoms with Crippen LogP contribution in [0, 0.1) is 0 Å². The predicted molar refractivity (Wildman–Crippen MR) is 79.6 cm³/mol. The Balaban J connectivity index is 0.000000956. The topological polar surface area (TPSA) is 48.7 Å². The van der Waals surface area contributed by atoms with Gasteiger partial charge in [0.2, 0.25) is 0 Å². The second-order valence-corrected chi connectivity index (χ2v) is 4.06. The number of carbonyl (C=O) groups is 1. The Morgan fingerprint density at radius 2 is 2.00 bits per heavy atom. The van der Waals surface area contributed by atoms with E-state index in [1.165, 1.54) is 6.92 Å². The van der Waals surface area contributed by atoms with Gasteiger partial charge >= 0.3 is 0 Å². The van der Waals surface area contributed by atoms with Crippen LogP contribution in [0.15, 0.2) is 28.9 Å². The third kappa shape index (κ3) is 4.10. The van der Waals surface area contributed by atoms with Gasteiger partial charge in [-0.1, -0.05) is 13.8 Å². The molecule has 20 heavy (non-hydrogen) atoms. The molecule has 0 fully saturated rings. The molecule has 0 radical (unpaired) electrons. The molecule has 4 nitrogen and oxygen atoms in total. The maximum absolute atomic E-state index is 11.4. The SMILES string of the molecule is CC.COCCCOc1cc(C(C)=O)cc2occc12. The van der Waals surface area contributed by atoms with Crippen molar-refractivity contribution in [1.29, 1.82) is 0 Å². The van der Waals surface area contributed by atoms with Gasteiger partial charge in [-0.3, -0.25) is 4.79 Å². The summed E-state index contributed by atoms with van der Waals surface area (Å²) in [6.07, 6.45) is 2.40. The van der Waals surface area contributed by atoms with Gasteiger partial charge in [0.15, 0.2) is 5.78 Å². The lowest BCUT2D eigenvalue weighted by Gasteiger charge is -2.08. The number of hydrogen-bond donors (Lipinski definition) is 0. The lowest BCUT2D eigenvalue weighted by Crippen LogP contribution is -2.02. The lowest BCUT2D eigenvalue weighted by atomic mass is 10.1. The van der Waals surface area contributed by atoms with Crippen molar-refractivity contribution in [3.05, 3.63) is 30.0 Å². The van der Waals surface area contributed by atoms with Crippen LogP contribution in [0.1, 0.15) is 37.6 Å². The quantitative estimate of drug-likeness (QED) is 0.590. The Morgan fingerprint density at radius 1 is 1.25 bits per heavy atom. The van der Waals surface area contributed by atoms with Crippen LogP contribution in [-0.2, 0) is 4.74 Å². The van der Waals surface area contributed by atoms with E-state index in [1.807, 2.05) is 19.9 Å². The van der Waals surface area contributed by atoms with Crippen molar-refractivity contribution in [1.82, 2.24) is 0 Å². The molecule has 1 aromatic heterocycles. The number of ketones is 1. The normalized spacial score (nSPS) is 10.0. The first kappa shape index (κ1) is 16.2. The van der Waals surface area contributed by atoms with Crippen LogP contribution in [0.25, 0.3) is 11.0 Å². The fraction of sp³-hybridized carbons (Fsp3) is 0.438. The van der Waals surface area contributed by atoms with Gasteiger partial charge in [0.05, 0.1) is 18.3 Å². The van der Waals surface area contributed by atoms with Crippen LogP contribution < -0.4 is 4.74 Å². The molecule has 0 aliphatic carbocycles. The molecule has 2 rings (SSSR count). The van der Waals surface area contributed by atoms with E-state index in [9.17, 15) is 4.79 Å². The molecular weight excluding hydrogens is 256 g/mol. The molecule has 0 bridgehead atoms. The average Bonchev–Trinajstić information content (AvgIpc) is 2.94. The highest BCUT2D eigenvalue weighted by atomic mass is 16.5. The van der Waals surface area contributed by atoms with Crippen LogP contribution in [0.5, 0.6) is 5.75 Å². The van der Waals surface area contributed by atoms with Gasteiger partial charge in [-0.25, -0.2) is 0 Å². The summed E-state index contributed by atoms with van der Waals surface area (Å²) < 4.78 is 16.0. The van der Waals surface area contributed by atoms with Crippen LogP contribution in [0.2, 0.25) is 0 Å². The minimum atomic E-state index is -0.00459. The summed E-state index contributed by atoms with van der Waals surface area (Å²) in [5.41, 5.74) is 1.27. The molecule has 1 heterocycles. The van der Waals surface area contributed by atoms with Crippen molar-refractivity contribution in [2.45, 2.75) is 27.2 Å². The minimum Gasteiger partial charge on any atom is -0.493 e. The summed E-state index contributed by atoms with van der Waals surface area (Å²) in [4.78, 5) is 11.4. The third-order valence-electron chi connectivity index (χ3n) is 2.69. The van der Waals surface area contributed by atoms with Crippen LogP contribution in [-0.4, -0.2) is 26.1 Å². The minimum absolute atomic E-state index is 0.00459. The second kappa shape index (κ2) is 8.38. The number of carbonyl (C=O) groups excluding carboxylic acids is 1. The van der Waals surface area contributed by atoms with Gasteiger partial charge in [-0.15, -0.1) is 0 Å². The first-order valence-electron chi connectivity index (χ1n) is 6.86. The molecule has 0 aliphatic rings. The van der Waals surface area contributed by atoms with E-state index < -0.39 is 0 Å². The van der Waals surface area contributed by atoms with Gasteiger partial charge in [0, 0.05) is 25.7 Å². The summed E-state index contributed by atoms with van der Waals surface area (Å²) in [5.74, 6) is 0.678. The largest absolute Gasteiger partial charge is 0.493 e. The first-order chi connectivity index (χ1) is 9.72. The lowest BCUT2D eigenvalue weighted by molar-refractivity contribution is 0.101. The van der Waals surface area contributed by atoms with Crippen molar-refractivity contribution in [3.8, 4) is 5.75 Å². The Kier molecular flexibility index (Phi) is 6.81. The molecule has 110 valence electrons. The van der Waals surface area contributed by atoms with E-state index in [0.717, 1.165) is 11.8 Å². The standard InChI is InChI=1S/C14H16O4.C2H6/c1-10(15)11-8-13(17-6-3-5-16-2)12-4-7-18-14(12)9-11;1-2/h4,7-9H,3,5-6H2,1-2H3;1-2H3. The highest BCUT2D eigenvalue weighted by molar-refractivity contribution is 5.99. The summed E-state index contributed by atoms with van der Waals surface area (Å²) in [6.45, 7) is 6.73. The van der Waals surface area contributed by atoms with Gasteiger partial charge in [-0.05, 0) is 25.1 Å². The van der Waals surface area contributed by atoms with Gasteiger partial charge in [-0.2, -0.15) is 0 Å². The second-order valence-electron chi connectivity index (χ2n) is 4.06. The molecule has 0 spiro atoms. The predicted octanol–water partition coefficient (Wildman–Crippen LogP) is 4.08. The molecule has 0 amide bonds. The van der Waals surface area contributed by atoms with E-state index in [1.54, 1.807) is 25.5 Å². The average molecular weight is 278 g/mol. The highest BCUT2D eigenvalue weighted by Gasteiger charge is 2.10. The maximum Gasteiger partial charge on any atom is 0.160 e. The van der Waals surface area contributed by atoms with E-state index >= 15 is 0 Å². The molecule has 0 N–H and O–H groups in total. The van der Waals surface area contributed by atoms with Crippen molar-refractivity contribution in [2.24, 2.45) is 0 Å². The Bertz CT molecular complexity index is 542. The zero-order chi connectivity index (χ0) is 15.0. The van der Waals surface area contributed by atoms with E-state index in [4.69, 9.17) is 13.9 Å².